The van der Waals surface area contributed by atoms with E-state index in [0.717, 1.165) is 67.5 Å². The molecule has 0 radical (unpaired) electrons. The van der Waals surface area contributed by atoms with Gasteiger partial charge in [0.2, 0.25) is 0 Å². The van der Waals surface area contributed by atoms with Gasteiger partial charge in [-0.3, -0.25) is 4.90 Å². The molecule has 0 saturated carbocycles. The van der Waals surface area contributed by atoms with E-state index in [1.165, 1.54) is 43.6 Å². The summed E-state index contributed by atoms with van der Waals surface area (Å²) in [5.74, 6) is 0.764. The molecule has 2 fully saturated rings. The molecule has 5 rings (SSSR count). The Morgan fingerprint density at radius 1 is 1.00 bits per heavy atom. The van der Waals surface area contributed by atoms with Crippen LogP contribution in [0.2, 0.25) is 0 Å². The van der Waals surface area contributed by atoms with Gasteiger partial charge in [0.05, 0.1) is 24.6 Å². The summed E-state index contributed by atoms with van der Waals surface area (Å²) in [6.07, 6.45) is 4.70. The highest BCUT2D eigenvalue weighted by atomic mass is 16.5. The number of hydrogen-bond acceptors (Lipinski definition) is 6. The lowest BCUT2D eigenvalue weighted by Gasteiger charge is -2.32. The molecule has 182 valence electrons. The van der Waals surface area contributed by atoms with Crippen molar-refractivity contribution in [3.05, 3.63) is 53.7 Å². The highest BCUT2D eigenvalue weighted by Gasteiger charge is 2.23. The number of nitrogens with one attached hydrogen (secondary N) is 1. The number of likely N-dealkylation sites (tertiary alicyclic amines) is 1. The zero-order valence-electron chi connectivity index (χ0n) is 20.6. The fraction of sp³-hybridized carbons (Fsp3) is 0.536. The normalized spacial score (nSPS) is 18.1. The Labute approximate surface area is 203 Å². The highest BCUT2D eigenvalue weighted by Crippen LogP contribution is 2.37. The number of aryl methyl sites for hydroxylation is 1. The molecule has 0 amide bonds. The van der Waals surface area contributed by atoms with Crippen molar-refractivity contribution in [2.24, 2.45) is 5.92 Å². The van der Waals surface area contributed by atoms with Gasteiger partial charge in [-0.25, -0.2) is 0 Å². The van der Waals surface area contributed by atoms with E-state index in [1.807, 2.05) is 0 Å². The number of aromatic nitrogens is 1. The summed E-state index contributed by atoms with van der Waals surface area (Å²) >= 11 is 0. The van der Waals surface area contributed by atoms with Gasteiger partial charge < -0.3 is 19.5 Å². The minimum Gasteiger partial charge on any atom is -0.378 e. The Kier molecular flexibility index (Phi) is 7.36. The van der Waals surface area contributed by atoms with Crippen LogP contribution in [0.4, 0.5) is 11.4 Å². The Hall–Kier alpha value is -2.57. The van der Waals surface area contributed by atoms with Gasteiger partial charge in [-0.15, -0.1) is 0 Å². The third-order valence-corrected chi connectivity index (χ3v) is 7.22. The summed E-state index contributed by atoms with van der Waals surface area (Å²) in [5.41, 5.74) is 5.67. The molecule has 34 heavy (non-hydrogen) atoms. The SMILES string of the molecule is CC(C)Nc1c(N2CCOCC2)ccc2c(CCC3CCN(Cc4ccccc4)CC3)noc12. The topological polar surface area (TPSA) is 53.8 Å². The van der Waals surface area contributed by atoms with Gasteiger partial charge >= 0.3 is 0 Å². The van der Waals surface area contributed by atoms with Gasteiger partial charge in [-0.05, 0) is 76.2 Å². The largest absolute Gasteiger partial charge is 0.378 e. The smallest absolute Gasteiger partial charge is 0.192 e. The molecule has 0 atom stereocenters. The first-order valence-electron chi connectivity index (χ1n) is 12.9. The second-order valence-corrected chi connectivity index (χ2v) is 10.1. The fourth-order valence-electron chi connectivity index (χ4n) is 5.34. The molecule has 2 aliphatic rings. The maximum atomic E-state index is 5.96. The number of benzene rings is 2. The summed E-state index contributed by atoms with van der Waals surface area (Å²) in [6, 6.07) is 15.6. The molecule has 6 heteroatoms. The molecular weight excluding hydrogens is 424 g/mol. The van der Waals surface area contributed by atoms with Crippen molar-refractivity contribution in [3.63, 3.8) is 0 Å². The molecule has 2 aliphatic heterocycles. The molecule has 3 aromatic rings. The van der Waals surface area contributed by atoms with Crippen molar-refractivity contribution in [1.82, 2.24) is 10.1 Å². The number of morpholine rings is 1. The van der Waals surface area contributed by atoms with E-state index in [-0.39, 0.29) is 0 Å². The van der Waals surface area contributed by atoms with Crippen LogP contribution in [-0.4, -0.2) is 55.5 Å². The molecule has 3 heterocycles. The molecule has 0 bridgehead atoms. The first kappa shape index (κ1) is 23.2. The minimum atomic E-state index is 0.319. The van der Waals surface area contributed by atoms with Crippen LogP contribution in [-0.2, 0) is 17.7 Å². The number of ether oxygens (including phenoxy) is 1. The van der Waals surface area contributed by atoms with E-state index in [9.17, 15) is 0 Å². The second kappa shape index (κ2) is 10.8. The van der Waals surface area contributed by atoms with Crippen LogP contribution in [0.5, 0.6) is 0 Å². The zero-order chi connectivity index (χ0) is 23.3. The van der Waals surface area contributed by atoms with Crippen LogP contribution < -0.4 is 10.2 Å². The number of fused-ring (bicyclic) bond motifs is 1. The molecular formula is C28H38N4O2. The third kappa shape index (κ3) is 5.39. The lowest BCUT2D eigenvalue weighted by Crippen LogP contribution is -2.36. The molecule has 1 N–H and O–H groups in total. The number of rotatable bonds is 8. The van der Waals surface area contributed by atoms with Gasteiger partial charge in [0.1, 0.15) is 5.69 Å². The van der Waals surface area contributed by atoms with Crippen LogP contribution in [0, 0.1) is 5.92 Å². The van der Waals surface area contributed by atoms with Crippen molar-refractivity contribution < 1.29 is 9.26 Å². The van der Waals surface area contributed by atoms with Gasteiger partial charge in [-0.2, -0.15) is 0 Å². The number of piperidine rings is 1. The molecule has 6 nitrogen and oxygen atoms in total. The minimum absolute atomic E-state index is 0.319. The Bertz CT molecular complexity index is 1050. The summed E-state index contributed by atoms with van der Waals surface area (Å²) in [6.45, 7) is 11.1. The Morgan fingerprint density at radius 3 is 2.50 bits per heavy atom. The molecule has 0 aliphatic carbocycles. The summed E-state index contributed by atoms with van der Waals surface area (Å²) < 4.78 is 11.5. The molecule has 2 aromatic carbocycles. The predicted molar refractivity (Wildman–Crippen MR) is 139 cm³/mol. The van der Waals surface area contributed by atoms with Crippen LogP contribution in [0.3, 0.4) is 0 Å². The van der Waals surface area contributed by atoms with E-state index in [4.69, 9.17) is 9.26 Å². The average Bonchev–Trinajstić information content (AvgIpc) is 3.28. The van der Waals surface area contributed by atoms with Gasteiger partial charge in [0, 0.05) is 31.1 Å². The molecule has 0 unspecified atom stereocenters. The van der Waals surface area contributed by atoms with Gasteiger partial charge in [0.15, 0.2) is 5.58 Å². The highest BCUT2D eigenvalue weighted by molar-refractivity contribution is 5.97. The first-order chi connectivity index (χ1) is 16.7. The van der Waals surface area contributed by atoms with Crippen LogP contribution in [0.1, 0.15) is 44.4 Å². The Morgan fingerprint density at radius 2 is 1.76 bits per heavy atom. The molecule has 0 spiro atoms. The maximum absolute atomic E-state index is 5.96. The number of hydrogen-bond donors (Lipinski definition) is 1. The summed E-state index contributed by atoms with van der Waals surface area (Å²) in [5, 5.41) is 9.33. The molecule has 2 saturated heterocycles. The predicted octanol–water partition coefficient (Wildman–Crippen LogP) is 5.33. The standard InChI is InChI=1S/C28H38N4O2/c1-21(2)29-27-26(32-16-18-33-19-17-32)11-9-24-25(30-34-28(24)27)10-8-22-12-14-31(15-13-22)20-23-6-4-3-5-7-23/h3-7,9,11,21-22,29H,8,10,12-20H2,1-2H3. The Balaban J connectivity index is 1.23. The zero-order valence-corrected chi connectivity index (χ0v) is 20.6. The van der Waals surface area contributed by atoms with E-state index >= 15 is 0 Å². The van der Waals surface area contributed by atoms with Gasteiger partial charge in [-0.1, -0.05) is 35.5 Å². The van der Waals surface area contributed by atoms with Crippen molar-refractivity contribution in [3.8, 4) is 0 Å². The monoisotopic (exact) mass is 462 g/mol. The van der Waals surface area contributed by atoms with Crippen LogP contribution in [0.25, 0.3) is 11.0 Å². The fourth-order valence-corrected chi connectivity index (χ4v) is 5.34. The average molecular weight is 463 g/mol. The first-order valence-corrected chi connectivity index (χ1v) is 12.9. The van der Waals surface area contributed by atoms with E-state index < -0.39 is 0 Å². The summed E-state index contributed by atoms with van der Waals surface area (Å²) in [4.78, 5) is 4.98. The summed E-state index contributed by atoms with van der Waals surface area (Å²) in [7, 11) is 0. The van der Waals surface area contributed by atoms with Crippen molar-refractivity contribution in [1.29, 1.82) is 0 Å². The van der Waals surface area contributed by atoms with Crippen LogP contribution in [0.15, 0.2) is 47.0 Å². The number of nitrogens with zero attached hydrogens (tertiary/aromatic N) is 3. The lowest BCUT2D eigenvalue weighted by atomic mass is 9.91. The number of anilines is 2. The van der Waals surface area contributed by atoms with Crippen molar-refractivity contribution in [2.45, 2.75) is 52.1 Å². The van der Waals surface area contributed by atoms with Crippen molar-refractivity contribution in [2.75, 3.05) is 49.6 Å². The van der Waals surface area contributed by atoms with Gasteiger partial charge in [0.25, 0.3) is 0 Å². The van der Waals surface area contributed by atoms with Crippen LogP contribution >= 0.6 is 0 Å². The van der Waals surface area contributed by atoms with E-state index in [2.05, 4.69) is 76.6 Å². The maximum Gasteiger partial charge on any atom is 0.192 e. The molecule has 1 aromatic heterocycles. The van der Waals surface area contributed by atoms with E-state index in [1.54, 1.807) is 0 Å². The second-order valence-electron chi connectivity index (χ2n) is 10.1. The van der Waals surface area contributed by atoms with Crippen molar-refractivity contribution >= 4 is 22.3 Å². The van der Waals surface area contributed by atoms with E-state index in [0.29, 0.717) is 6.04 Å². The third-order valence-electron chi connectivity index (χ3n) is 7.22. The quantitative estimate of drug-likeness (QED) is 0.488. The lowest BCUT2D eigenvalue weighted by molar-refractivity contribution is 0.123.